The monoisotopic (exact) mass is 459 g/mol. The molecule has 13 heteroatoms. The standard InChI is InChI=1S/C18H20F3N5O4S/c1-17(2)10-26(5-6-30-17)15-13(7-11(9-24-15)18(19,20)21)16(27)25-12-3-4-23-14(8-12)31(22,28)29/h3-4,7-9H,5-6,10H2,1-2H3,(H2,22,28,29)(H,23,25,27). The second-order valence-corrected chi connectivity index (χ2v) is 9.01. The van der Waals surface area contributed by atoms with Crippen LogP contribution in [0.5, 0.6) is 0 Å². The third-order valence-corrected chi connectivity index (χ3v) is 5.25. The number of carbonyl (C=O) groups excluding carboxylic acids is 1. The number of hydrogen-bond donors (Lipinski definition) is 2. The van der Waals surface area contributed by atoms with Gasteiger partial charge in [0, 0.05) is 37.2 Å². The van der Waals surface area contributed by atoms with Gasteiger partial charge in [0.2, 0.25) is 0 Å². The van der Waals surface area contributed by atoms with Crippen LogP contribution in [0.1, 0.15) is 29.8 Å². The Kier molecular flexibility index (Phi) is 5.95. The molecule has 1 amide bonds. The van der Waals surface area contributed by atoms with Crippen LogP contribution in [0.15, 0.2) is 35.6 Å². The molecule has 1 fully saturated rings. The van der Waals surface area contributed by atoms with Gasteiger partial charge >= 0.3 is 6.18 Å². The average Bonchev–Trinajstić information content (AvgIpc) is 2.65. The predicted molar refractivity (Wildman–Crippen MR) is 105 cm³/mol. The third kappa shape index (κ3) is 5.48. The van der Waals surface area contributed by atoms with Gasteiger partial charge in [0.05, 0.1) is 23.3 Å². The molecule has 1 aliphatic heterocycles. The number of pyridine rings is 2. The summed E-state index contributed by atoms with van der Waals surface area (Å²) in [6.45, 7) is 4.56. The molecule has 0 radical (unpaired) electrons. The SMILES string of the molecule is CC1(C)CN(c2ncc(C(F)(F)F)cc2C(=O)Nc2ccnc(S(N)(=O)=O)c2)CCO1. The third-order valence-electron chi connectivity index (χ3n) is 4.45. The first-order valence-corrected chi connectivity index (χ1v) is 10.6. The van der Waals surface area contributed by atoms with Crippen molar-refractivity contribution in [1.29, 1.82) is 0 Å². The average molecular weight is 459 g/mol. The number of halogens is 3. The summed E-state index contributed by atoms with van der Waals surface area (Å²) in [5.41, 5.74) is -2.00. The van der Waals surface area contributed by atoms with Crippen LogP contribution in [0.25, 0.3) is 0 Å². The van der Waals surface area contributed by atoms with Gasteiger partial charge in [-0.25, -0.2) is 23.5 Å². The van der Waals surface area contributed by atoms with Gasteiger partial charge in [0.25, 0.3) is 15.9 Å². The number of aromatic nitrogens is 2. The van der Waals surface area contributed by atoms with Gasteiger partial charge < -0.3 is 15.0 Å². The molecule has 0 aromatic carbocycles. The molecule has 0 unspecified atom stereocenters. The van der Waals surface area contributed by atoms with E-state index in [9.17, 15) is 26.4 Å². The molecule has 31 heavy (non-hydrogen) atoms. The van der Waals surface area contributed by atoms with Gasteiger partial charge in [0.15, 0.2) is 5.03 Å². The van der Waals surface area contributed by atoms with Crippen molar-refractivity contribution in [3.05, 3.63) is 41.7 Å². The number of anilines is 2. The maximum absolute atomic E-state index is 13.2. The molecule has 9 nitrogen and oxygen atoms in total. The lowest BCUT2D eigenvalue weighted by molar-refractivity contribution is -0.137. The van der Waals surface area contributed by atoms with E-state index in [2.05, 4.69) is 15.3 Å². The highest BCUT2D eigenvalue weighted by molar-refractivity contribution is 7.89. The smallest absolute Gasteiger partial charge is 0.372 e. The zero-order valence-electron chi connectivity index (χ0n) is 16.6. The van der Waals surface area contributed by atoms with Crippen molar-refractivity contribution in [2.45, 2.75) is 30.7 Å². The number of alkyl halides is 3. The number of hydrogen-bond acceptors (Lipinski definition) is 7. The number of primary sulfonamides is 1. The fraction of sp³-hybridized carbons (Fsp3) is 0.389. The maximum Gasteiger partial charge on any atom is 0.417 e. The van der Waals surface area contributed by atoms with E-state index >= 15 is 0 Å². The number of amides is 1. The second kappa shape index (κ2) is 8.05. The van der Waals surface area contributed by atoms with Gasteiger partial charge in [-0.15, -0.1) is 0 Å². The van der Waals surface area contributed by atoms with Crippen molar-refractivity contribution in [2.75, 3.05) is 29.9 Å². The van der Waals surface area contributed by atoms with Gasteiger partial charge in [-0.05, 0) is 26.0 Å². The largest absolute Gasteiger partial charge is 0.417 e. The molecule has 168 valence electrons. The quantitative estimate of drug-likeness (QED) is 0.716. The Balaban J connectivity index is 2.00. The summed E-state index contributed by atoms with van der Waals surface area (Å²) in [6, 6.07) is 3.00. The van der Waals surface area contributed by atoms with E-state index in [0.717, 1.165) is 12.3 Å². The topological polar surface area (TPSA) is 128 Å². The number of rotatable bonds is 4. The minimum atomic E-state index is -4.71. The van der Waals surface area contributed by atoms with Crippen LogP contribution in [-0.4, -0.2) is 49.6 Å². The number of carbonyl (C=O) groups is 1. The van der Waals surface area contributed by atoms with Crippen molar-refractivity contribution >= 4 is 27.4 Å². The van der Waals surface area contributed by atoms with E-state index < -0.39 is 38.3 Å². The maximum atomic E-state index is 13.2. The van der Waals surface area contributed by atoms with Crippen LogP contribution >= 0.6 is 0 Å². The molecule has 2 aromatic rings. The lowest BCUT2D eigenvalue weighted by Gasteiger charge is -2.39. The van der Waals surface area contributed by atoms with Crippen LogP contribution < -0.4 is 15.4 Å². The van der Waals surface area contributed by atoms with Crippen LogP contribution in [0.4, 0.5) is 24.7 Å². The molecule has 0 bridgehead atoms. The highest BCUT2D eigenvalue weighted by Crippen LogP contribution is 2.33. The number of nitrogens with zero attached hydrogens (tertiary/aromatic N) is 3. The fourth-order valence-electron chi connectivity index (χ4n) is 3.07. The minimum absolute atomic E-state index is 0.00491. The first-order chi connectivity index (χ1) is 14.3. The fourth-order valence-corrected chi connectivity index (χ4v) is 3.57. The lowest BCUT2D eigenvalue weighted by atomic mass is 10.1. The molecule has 0 aliphatic carbocycles. The molecule has 3 N–H and O–H groups in total. The zero-order valence-corrected chi connectivity index (χ0v) is 17.4. The Hall–Kier alpha value is -2.77. The highest BCUT2D eigenvalue weighted by atomic mass is 32.2. The molecule has 3 rings (SSSR count). The Bertz CT molecular complexity index is 1110. The first kappa shape index (κ1) is 22.9. The van der Waals surface area contributed by atoms with E-state index in [4.69, 9.17) is 9.88 Å². The molecule has 3 heterocycles. The summed E-state index contributed by atoms with van der Waals surface area (Å²) in [4.78, 5) is 22.1. The molecule has 1 aliphatic rings. The van der Waals surface area contributed by atoms with Crippen molar-refractivity contribution in [1.82, 2.24) is 9.97 Å². The van der Waals surface area contributed by atoms with E-state index in [0.29, 0.717) is 32.0 Å². The van der Waals surface area contributed by atoms with E-state index in [-0.39, 0.29) is 17.1 Å². The highest BCUT2D eigenvalue weighted by Gasteiger charge is 2.35. The number of nitrogens with one attached hydrogen (secondary N) is 1. The Morgan fingerprint density at radius 1 is 1.29 bits per heavy atom. The number of ether oxygens (including phenoxy) is 1. The molecule has 2 aromatic heterocycles. The summed E-state index contributed by atoms with van der Waals surface area (Å²) in [5.74, 6) is -0.841. The number of sulfonamides is 1. The predicted octanol–water partition coefficient (Wildman–Crippen LogP) is 2.01. The number of nitrogens with two attached hydrogens (primary N) is 1. The Morgan fingerprint density at radius 3 is 2.61 bits per heavy atom. The van der Waals surface area contributed by atoms with Gasteiger partial charge in [-0.2, -0.15) is 13.2 Å². The van der Waals surface area contributed by atoms with Crippen LogP contribution in [0, 0.1) is 0 Å². The molecule has 0 saturated carbocycles. The zero-order chi connectivity index (χ0) is 23.0. The second-order valence-electron chi connectivity index (χ2n) is 7.50. The van der Waals surface area contributed by atoms with Crippen molar-refractivity contribution in [2.24, 2.45) is 5.14 Å². The first-order valence-electron chi connectivity index (χ1n) is 9.03. The van der Waals surface area contributed by atoms with Crippen LogP contribution in [0.3, 0.4) is 0 Å². The molecule has 0 spiro atoms. The molecule has 1 saturated heterocycles. The normalized spacial score (nSPS) is 16.8. The minimum Gasteiger partial charge on any atom is -0.372 e. The number of morpholine rings is 1. The van der Waals surface area contributed by atoms with E-state index in [1.54, 1.807) is 4.90 Å². The Labute approximate surface area is 176 Å². The van der Waals surface area contributed by atoms with Gasteiger partial charge in [-0.1, -0.05) is 0 Å². The van der Waals surface area contributed by atoms with Crippen molar-refractivity contribution in [3.8, 4) is 0 Å². The Morgan fingerprint density at radius 2 is 2.00 bits per heavy atom. The van der Waals surface area contributed by atoms with E-state index in [1.807, 2.05) is 13.8 Å². The van der Waals surface area contributed by atoms with Crippen molar-refractivity contribution in [3.63, 3.8) is 0 Å². The van der Waals surface area contributed by atoms with Gasteiger partial charge in [-0.3, -0.25) is 4.79 Å². The van der Waals surface area contributed by atoms with E-state index in [1.165, 1.54) is 6.07 Å². The summed E-state index contributed by atoms with van der Waals surface area (Å²) in [7, 11) is -4.14. The van der Waals surface area contributed by atoms with Crippen LogP contribution in [-0.2, 0) is 20.9 Å². The summed E-state index contributed by atoms with van der Waals surface area (Å²) < 4.78 is 68.3. The van der Waals surface area contributed by atoms with Gasteiger partial charge in [0.1, 0.15) is 5.82 Å². The molecule has 0 atom stereocenters. The summed E-state index contributed by atoms with van der Waals surface area (Å²) in [5, 5.41) is 6.91. The molecular weight excluding hydrogens is 439 g/mol. The summed E-state index contributed by atoms with van der Waals surface area (Å²) in [6.07, 6.45) is -2.94. The summed E-state index contributed by atoms with van der Waals surface area (Å²) >= 11 is 0. The lowest BCUT2D eigenvalue weighted by Crippen LogP contribution is -2.49. The van der Waals surface area contributed by atoms with Crippen LogP contribution in [0.2, 0.25) is 0 Å². The van der Waals surface area contributed by atoms with Crippen molar-refractivity contribution < 1.29 is 31.1 Å². The molecular formula is C18H20F3N5O4S.